The lowest BCUT2D eigenvalue weighted by Crippen LogP contribution is -2.13. The first kappa shape index (κ1) is 15.9. The van der Waals surface area contributed by atoms with Crippen molar-refractivity contribution in [3.05, 3.63) is 76.9 Å². The zero-order valence-electron chi connectivity index (χ0n) is 14.1. The monoisotopic (exact) mass is 320 g/mol. The number of benzene rings is 1. The van der Waals surface area contributed by atoms with Crippen LogP contribution in [0, 0.1) is 20.8 Å². The molecule has 0 unspecified atom stereocenters. The van der Waals surface area contributed by atoms with Crippen molar-refractivity contribution in [3.63, 3.8) is 0 Å². The molecule has 0 saturated heterocycles. The van der Waals surface area contributed by atoms with Crippen molar-refractivity contribution in [2.75, 3.05) is 5.32 Å². The average molecular weight is 320 g/mol. The van der Waals surface area contributed by atoms with Gasteiger partial charge in [0.1, 0.15) is 0 Å². The summed E-state index contributed by atoms with van der Waals surface area (Å²) in [4.78, 5) is 16.3. The Kier molecular flexibility index (Phi) is 4.42. The first-order valence-corrected chi connectivity index (χ1v) is 7.85. The molecule has 122 valence electrons. The molecule has 1 amide bonds. The molecule has 0 fully saturated rings. The summed E-state index contributed by atoms with van der Waals surface area (Å²) in [6.45, 7) is 6.63. The standard InChI is InChI=1S/C19H20N4O/c1-13-5-4-6-16(11-13)12-23-15(3)18(14(2)22-23)21-19(24)17-7-9-20-10-8-17/h4-11H,12H2,1-3H3,(H,21,24). The molecule has 0 aliphatic rings. The fraction of sp³-hybridized carbons (Fsp3) is 0.211. The molecule has 5 heteroatoms. The van der Waals surface area contributed by atoms with Gasteiger partial charge >= 0.3 is 0 Å². The van der Waals surface area contributed by atoms with Gasteiger partial charge in [0.15, 0.2) is 0 Å². The zero-order valence-corrected chi connectivity index (χ0v) is 14.1. The van der Waals surface area contributed by atoms with Gasteiger partial charge < -0.3 is 5.32 Å². The van der Waals surface area contributed by atoms with Gasteiger partial charge in [0, 0.05) is 18.0 Å². The fourth-order valence-corrected chi connectivity index (χ4v) is 2.70. The van der Waals surface area contributed by atoms with Crippen LogP contribution < -0.4 is 5.32 Å². The van der Waals surface area contributed by atoms with Crippen LogP contribution in [0.1, 0.15) is 32.9 Å². The van der Waals surface area contributed by atoms with Crippen LogP contribution in [0.2, 0.25) is 0 Å². The Morgan fingerprint density at radius 1 is 1.12 bits per heavy atom. The topological polar surface area (TPSA) is 59.8 Å². The first-order chi connectivity index (χ1) is 11.5. The molecule has 2 heterocycles. The Hall–Kier alpha value is -2.95. The highest BCUT2D eigenvalue weighted by atomic mass is 16.1. The number of aromatic nitrogens is 3. The van der Waals surface area contributed by atoms with E-state index in [0.717, 1.165) is 17.1 Å². The Labute approximate surface area is 141 Å². The van der Waals surface area contributed by atoms with E-state index in [1.807, 2.05) is 24.6 Å². The van der Waals surface area contributed by atoms with E-state index in [-0.39, 0.29) is 5.91 Å². The summed E-state index contributed by atoms with van der Waals surface area (Å²) in [5, 5.41) is 7.53. The summed E-state index contributed by atoms with van der Waals surface area (Å²) in [7, 11) is 0. The molecule has 0 radical (unpaired) electrons. The van der Waals surface area contributed by atoms with Crippen molar-refractivity contribution >= 4 is 11.6 Å². The van der Waals surface area contributed by atoms with Gasteiger partial charge in [-0.1, -0.05) is 29.8 Å². The summed E-state index contributed by atoms with van der Waals surface area (Å²) in [5.41, 5.74) is 5.51. The van der Waals surface area contributed by atoms with Gasteiger partial charge in [-0.05, 0) is 38.5 Å². The van der Waals surface area contributed by atoms with Crippen LogP contribution in [0.15, 0.2) is 48.8 Å². The van der Waals surface area contributed by atoms with E-state index in [0.29, 0.717) is 12.1 Å². The number of carbonyl (C=O) groups excluding carboxylic acids is 1. The average Bonchev–Trinajstić information content (AvgIpc) is 2.83. The number of nitrogens with one attached hydrogen (secondary N) is 1. The highest BCUT2D eigenvalue weighted by molar-refractivity contribution is 6.04. The lowest BCUT2D eigenvalue weighted by atomic mass is 10.1. The lowest BCUT2D eigenvalue weighted by Gasteiger charge is -2.08. The van der Waals surface area contributed by atoms with Crippen LogP contribution in [0.4, 0.5) is 5.69 Å². The summed E-state index contributed by atoms with van der Waals surface area (Å²) in [6.07, 6.45) is 3.21. The molecule has 0 spiro atoms. The van der Waals surface area contributed by atoms with Crippen molar-refractivity contribution in [3.8, 4) is 0 Å². The largest absolute Gasteiger partial charge is 0.319 e. The lowest BCUT2D eigenvalue weighted by molar-refractivity contribution is 0.102. The van der Waals surface area contributed by atoms with Gasteiger partial charge in [0.05, 0.1) is 23.6 Å². The van der Waals surface area contributed by atoms with E-state index in [9.17, 15) is 4.79 Å². The normalized spacial score (nSPS) is 10.6. The number of amides is 1. The molecular weight excluding hydrogens is 300 g/mol. The molecular formula is C19H20N4O. The number of hydrogen-bond donors (Lipinski definition) is 1. The Balaban J connectivity index is 1.83. The second-order valence-corrected chi connectivity index (χ2v) is 5.88. The number of anilines is 1. The minimum atomic E-state index is -0.154. The molecule has 1 N–H and O–H groups in total. The third kappa shape index (κ3) is 3.35. The molecule has 0 saturated carbocycles. The van der Waals surface area contributed by atoms with Crippen molar-refractivity contribution in [2.24, 2.45) is 0 Å². The van der Waals surface area contributed by atoms with Crippen LogP contribution in [0.3, 0.4) is 0 Å². The number of pyridine rings is 1. The minimum absolute atomic E-state index is 0.154. The predicted molar refractivity (Wildman–Crippen MR) is 94.2 cm³/mol. The van der Waals surface area contributed by atoms with Crippen molar-refractivity contribution < 1.29 is 4.79 Å². The minimum Gasteiger partial charge on any atom is -0.319 e. The highest BCUT2D eigenvalue weighted by Gasteiger charge is 2.15. The number of carbonyl (C=O) groups is 1. The first-order valence-electron chi connectivity index (χ1n) is 7.85. The smallest absolute Gasteiger partial charge is 0.255 e. The van der Waals surface area contributed by atoms with Crippen molar-refractivity contribution in [2.45, 2.75) is 27.3 Å². The summed E-state index contributed by atoms with van der Waals surface area (Å²) >= 11 is 0. The fourth-order valence-electron chi connectivity index (χ4n) is 2.70. The van der Waals surface area contributed by atoms with Crippen molar-refractivity contribution in [1.82, 2.24) is 14.8 Å². The van der Waals surface area contributed by atoms with E-state index in [1.165, 1.54) is 11.1 Å². The van der Waals surface area contributed by atoms with Gasteiger partial charge in [-0.25, -0.2) is 0 Å². The maximum atomic E-state index is 12.4. The van der Waals surface area contributed by atoms with E-state index >= 15 is 0 Å². The Bertz CT molecular complexity index is 868. The maximum absolute atomic E-state index is 12.4. The molecule has 0 bridgehead atoms. The Morgan fingerprint density at radius 3 is 2.58 bits per heavy atom. The van der Waals surface area contributed by atoms with Crippen LogP contribution in [-0.4, -0.2) is 20.7 Å². The summed E-state index contributed by atoms with van der Waals surface area (Å²) < 4.78 is 1.92. The number of hydrogen-bond acceptors (Lipinski definition) is 3. The SMILES string of the molecule is Cc1cccc(Cn2nc(C)c(NC(=O)c3ccncc3)c2C)c1. The number of rotatable bonds is 4. The number of nitrogens with zero attached hydrogens (tertiary/aromatic N) is 3. The van der Waals surface area contributed by atoms with E-state index in [2.05, 4.69) is 40.5 Å². The molecule has 3 rings (SSSR count). The quantitative estimate of drug-likeness (QED) is 0.800. The van der Waals surface area contributed by atoms with E-state index in [4.69, 9.17) is 0 Å². The molecule has 1 aromatic carbocycles. The molecule has 2 aromatic heterocycles. The third-order valence-electron chi connectivity index (χ3n) is 3.98. The van der Waals surface area contributed by atoms with Crippen LogP contribution in [0.25, 0.3) is 0 Å². The molecule has 0 aliphatic heterocycles. The number of aryl methyl sites for hydroxylation is 2. The van der Waals surface area contributed by atoms with Crippen molar-refractivity contribution in [1.29, 1.82) is 0 Å². The predicted octanol–water partition coefficient (Wildman–Crippen LogP) is 3.50. The van der Waals surface area contributed by atoms with Gasteiger partial charge in [0.25, 0.3) is 5.91 Å². The van der Waals surface area contributed by atoms with Gasteiger partial charge in [-0.2, -0.15) is 5.10 Å². The molecule has 3 aromatic rings. The van der Waals surface area contributed by atoms with Crippen LogP contribution in [-0.2, 0) is 6.54 Å². The van der Waals surface area contributed by atoms with Crippen LogP contribution in [0.5, 0.6) is 0 Å². The van der Waals surface area contributed by atoms with E-state index in [1.54, 1.807) is 24.5 Å². The second kappa shape index (κ2) is 6.66. The molecule has 24 heavy (non-hydrogen) atoms. The van der Waals surface area contributed by atoms with Gasteiger partial charge in [-0.3, -0.25) is 14.5 Å². The van der Waals surface area contributed by atoms with Gasteiger partial charge in [-0.15, -0.1) is 0 Å². The zero-order chi connectivity index (χ0) is 17.1. The molecule has 5 nitrogen and oxygen atoms in total. The highest BCUT2D eigenvalue weighted by Crippen LogP contribution is 2.21. The summed E-state index contributed by atoms with van der Waals surface area (Å²) in [6, 6.07) is 11.7. The second-order valence-electron chi connectivity index (χ2n) is 5.88. The Morgan fingerprint density at radius 2 is 1.88 bits per heavy atom. The summed E-state index contributed by atoms with van der Waals surface area (Å²) in [5.74, 6) is -0.154. The van der Waals surface area contributed by atoms with Crippen LogP contribution >= 0.6 is 0 Å². The maximum Gasteiger partial charge on any atom is 0.255 e. The van der Waals surface area contributed by atoms with Gasteiger partial charge in [0.2, 0.25) is 0 Å². The molecule has 0 atom stereocenters. The molecule has 0 aliphatic carbocycles. The van der Waals surface area contributed by atoms with E-state index < -0.39 is 0 Å². The third-order valence-corrected chi connectivity index (χ3v) is 3.98.